The van der Waals surface area contributed by atoms with Gasteiger partial charge in [0, 0.05) is 11.5 Å². The number of nitrogens with one attached hydrogen (secondary N) is 1. The van der Waals surface area contributed by atoms with Crippen LogP contribution in [0.3, 0.4) is 0 Å². The molecule has 0 saturated heterocycles. The van der Waals surface area contributed by atoms with Gasteiger partial charge in [-0.05, 0) is 30.0 Å². The van der Waals surface area contributed by atoms with Crippen molar-refractivity contribution in [2.24, 2.45) is 5.84 Å². The van der Waals surface area contributed by atoms with E-state index in [2.05, 4.69) is 11.5 Å². The summed E-state index contributed by atoms with van der Waals surface area (Å²) in [5.41, 5.74) is 5.37. The Morgan fingerprint density at radius 2 is 1.90 bits per heavy atom. The molecule has 0 fully saturated rings. The van der Waals surface area contributed by atoms with Crippen LogP contribution in [-0.4, -0.2) is 0 Å². The monoisotopic (exact) mass is 274 g/mol. The summed E-state index contributed by atoms with van der Waals surface area (Å²) in [5.74, 6) is 4.03. The number of benzene rings is 2. The Bertz CT molecular complexity index is 628. The van der Waals surface area contributed by atoms with Crippen LogP contribution in [0.25, 0.3) is 0 Å². The topological polar surface area (TPSA) is 38.0 Å². The van der Waals surface area contributed by atoms with Gasteiger partial charge in [0.2, 0.25) is 0 Å². The molecule has 0 radical (unpaired) electrons. The Balaban J connectivity index is 2.02. The van der Waals surface area contributed by atoms with E-state index in [4.69, 9.17) is 5.84 Å². The van der Waals surface area contributed by atoms with Crippen LogP contribution in [0.4, 0.5) is 8.78 Å². The van der Waals surface area contributed by atoms with Crippen LogP contribution >= 0.6 is 0 Å². The van der Waals surface area contributed by atoms with Crippen LogP contribution in [0.2, 0.25) is 0 Å². The number of halogens is 2. The summed E-state index contributed by atoms with van der Waals surface area (Å²) in [6, 6.07) is 11.9. The molecule has 2 unspecified atom stereocenters. The number of hydrogen-bond acceptors (Lipinski definition) is 2. The molecule has 0 aromatic heterocycles. The lowest BCUT2D eigenvalue weighted by Crippen LogP contribution is -2.32. The van der Waals surface area contributed by atoms with Gasteiger partial charge in [-0.2, -0.15) is 0 Å². The van der Waals surface area contributed by atoms with E-state index in [9.17, 15) is 8.78 Å². The van der Waals surface area contributed by atoms with Crippen LogP contribution in [0, 0.1) is 11.6 Å². The fourth-order valence-electron chi connectivity index (χ4n) is 3.12. The molecule has 2 aromatic rings. The van der Waals surface area contributed by atoms with E-state index in [1.807, 2.05) is 18.2 Å². The molecular formula is C16H16F2N2. The fraction of sp³-hybridized carbons (Fsp3) is 0.250. The number of fused-ring (bicyclic) bond motifs is 1. The standard InChI is InChI=1S/C16H16F2N2/c17-14-7-3-6-13(15(14)18)16(20-19)12-9-8-10-4-1-2-5-11(10)12/h1-7,12,16,20H,8-9,19H2. The quantitative estimate of drug-likeness (QED) is 0.666. The second kappa shape index (κ2) is 5.31. The van der Waals surface area contributed by atoms with E-state index in [0.29, 0.717) is 0 Å². The molecule has 4 heteroatoms. The van der Waals surface area contributed by atoms with Crippen molar-refractivity contribution in [1.82, 2.24) is 5.43 Å². The second-order valence-corrected chi connectivity index (χ2v) is 5.13. The van der Waals surface area contributed by atoms with Gasteiger partial charge >= 0.3 is 0 Å². The van der Waals surface area contributed by atoms with Crippen molar-refractivity contribution in [1.29, 1.82) is 0 Å². The van der Waals surface area contributed by atoms with Crippen molar-refractivity contribution in [3.8, 4) is 0 Å². The molecule has 0 aliphatic heterocycles. The molecule has 0 saturated carbocycles. The molecule has 0 heterocycles. The zero-order chi connectivity index (χ0) is 14.1. The van der Waals surface area contributed by atoms with Crippen LogP contribution in [0.5, 0.6) is 0 Å². The summed E-state index contributed by atoms with van der Waals surface area (Å²) in [6.45, 7) is 0. The summed E-state index contributed by atoms with van der Waals surface area (Å²) < 4.78 is 27.4. The van der Waals surface area contributed by atoms with E-state index in [1.54, 1.807) is 6.07 Å². The van der Waals surface area contributed by atoms with Crippen LogP contribution in [0.1, 0.15) is 35.1 Å². The molecule has 0 bridgehead atoms. The smallest absolute Gasteiger partial charge is 0.163 e. The van der Waals surface area contributed by atoms with Gasteiger partial charge < -0.3 is 0 Å². The SMILES string of the molecule is NNC(c1cccc(F)c1F)C1CCc2ccccc21. The number of nitrogens with two attached hydrogens (primary N) is 1. The highest BCUT2D eigenvalue weighted by atomic mass is 19.2. The first-order valence-corrected chi connectivity index (χ1v) is 6.70. The minimum absolute atomic E-state index is 0.0625. The minimum Gasteiger partial charge on any atom is -0.271 e. The molecule has 1 aliphatic rings. The van der Waals surface area contributed by atoms with Crippen molar-refractivity contribution in [3.05, 3.63) is 70.8 Å². The Labute approximate surface area is 116 Å². The highest BCUT2D eigenvalue weighted by molar-refractivity contribution is 5.38. The van der Waals surface area contributed by atoms with E-state index < -0.39 is 17.7 Å². The van der Waals surface area contributed by atoms with Crippen molar-refractivity contribution in [2.75, 3.05) is 0 Å². The summed E-state index contributed by atoms with van der Waals surface area (Å²) in [5, 5.41) is 0. The first-order chi connectivity index (χ1) is 9.72. The molecule has 2 aromatic carbocycles. The molecule has 0 amide bonds. The van der Waals surface area contributed by atoms with Crippen LogP contribution in [0.15, 0.2) is 42.5 Å². The van der Waals surface area contributed by atoms with Crippen LogP contribution < -0.4 is 11.3 Å². The number of rotatable bonds is 3. The van der Waals surface area contributed by atoms with Gasteiger partial charge in [0.25, 0.3) is 0 Å². The largest absolute Gasteiger partial charge is 0.271 e. The predicted molar refractivity (Wildman–Crippen MR) is 73.9 cm³/mol. The molecule has 2 nitrogen and oxygen atoms in total. The molecular weight excluding hydrogens is 258 g/mol. The summed E-state index contributed by atoms with van der Waals surface area (Å²) in [7, 11) is 0. The van der Waals surface area contributed by atoms with Gasteiger partial charge in [-0.15, -0.1) is 0 Å². The number of hydrogen-bond donors (Lipinski definition) is 2. The normalized spacial score (nSPS) is 18.9. The van der Waals surface area contributed by atoms with Crippen molar-refractivity contribution in [2.45, 2.75) is 24.8 Å². The highest BCUT2D eigenvalue weighted by Crippen LogP contribution is 2.41. The van der Waals surface area contributed by atoms with Crippen molar-refractivity contribution < 1.29 is 8.78 Å². The fourth-order valence-corrected chi connectivity index (χ4v) is 3.12. The summed E-state index contributed by atoms with van der Waals surface area (Å²) in [6.07, 6.45) is 1.82. The molecule has 3 N–H and O–H groups in total. The third kappa shape index (κ3) is 2.11. The molecule has 20 heavy (non-hydrogen) atoms. The lowest BCUT2D eigenvalue weighted by Gasteiger charge is -2.24. The highest BCUT2D eigenvalue weighted by Gasteiger charge is 2.31. The predicted octanol–water partition coefficient (Wildman–Crippen LogP) is 3.20. The van der Waals surface area contributed by atoms with Gasteiger partial charge in [0.1, 0.15) is 0 Å². The maximum Gasteiger partial charge on any atom is 0.163 e. The Hall–Kier alpha value is -1.78. The first kappa shape index (κ1) is 13.2. The van der Waals surface area contributed by atoms with Crippen LogP contribution in [-0.2, 0) is 6.42 Å². The lowest BCUT2D eigenvalue weighted by molar-refractivity contribution is 0.418. The van der Waals surface area contributed by atoms with Crippen molar-refractivity contribution >= 4 is 0 Å². The third-order valence-corrected chi connectivity index (χ3v) is 4.08. The Kier molecular flexibility index (Phi) is 3.51. The maximum absolute atomic E-state index is 14.0. The van der Waals surface area contributed by atoms with Gasteiger partial charge in [0.05, 0.1) is 6.04 Å². The molecule has 2 atom stereocenters. The average molecular weight is 274 g/mol. The number of hydrazine groups is 1. The molecule has 0 spiro atoms. The molecule has 3 rings (SSSR count). The van der Waals surface area contributed by atoms with Gasteiger partial charge in [-0.1, -0.05) is 36.4 Å². The van der Waals surface area contributed by atoms with Crippen molar-refractivity contribution in [3.63, 3.8) is 0 Å². The average Bonchev–Trinajstić information content (AvgIpc) is 2.88. The molecule has 104 valence electrons. The lowest BCUT2D eigenvalue weighted by atomic mass is 9.88. The second-order valence-electron chi connectivity index (χ2n) is 5.13. The van der Waals surface area contributed by atoms with Gasteiger partial charge in [-0.25, -0.2) is 8.78 Å². The minimum atomic E-state index is -0.839. The zero-order valence-electron chi connectivity index (χ0n) is 10.9. The summed E-state index contributed by atoms with van der Waals surface area (Å²) in [4.78, 5) is 0. The maximum atomic E-state index is 14.0. The molecule has 1 aliphatic carbocycles. The van der Waals surface area contributed by atoms with E-state index >= 15 is 0 Å². The van der Waals surface area contributed by atoms with E-state index in [0.717, 1.165) is 18.9 Å². The van der Waals surface area contributed by atoms with Gasteiger partial charge in [0.15, 0.2) is 11.6 Å². The number of aryl methyl sites for hydroxylation is 1. The first-order valence-electron chi connectivity index (χ1n) is 6.70. The van der Waals surface area contributed by atoms with E-state index in [-0.39, 0.29) is 11.5 Å². The Morgan fingerprint density at radius 1 is 1.10 bits per heavy atom. The van der Waals surface area contributed by atoms with Gasteiger partial charge in [-0.3, -0.25) is 11.3 Å². The third-order valence-electron chi connectivity index (χ3n) is 4.08. The summed E-state index contributed by atoms with van der Waals surface area (Å²) >= 11 is 0. The Morgan fingerprint density at radius 3 is 2.70 bits per heavy atom. The van der Waals surface area contributed by atoms with E-state index in [1.165, 1.54) is 17.2 Å². The zero-order valence-corrected chi connectivity index (χ0v) is 10.9.